The lowest BCUT2D eigenvalue weighted by atomic mass is 10.2. The minimum absolute atomic E-state index is 0.538. The highest BCUT2D eigenvalue weighted by molar-refractivity contribution is 5.74. The molecule has 0 unspecified atom stereocenters. The van der Waals surface area contributed by atoms with Gasteiger partial charge in [-0.2, -0.15) is 0 Å². The van der Waals surface area contributed by atoms with E-state index in [2.05, 4.69) is 0 Å². The number of hydrogen-bond acceptors (Lipinski definition) is 3. The van der Waals surface area contributed by atoms with Gasteiger partial charge in [-0.3, -0.25) is 4.79 Å². The Kier molecular flexibility index (Phi) is 6.98. The Morgan fingerprint density at radius 2 is 1.68 bits per heavy atom. The van der Waals surface area contributed by atoms with Crippen LogP contribution < -0.4 is 10.5 Å². The molecule has 100 valence electrons. The summed E-state index contributed by atoms with van der Waals surface area (Å²) >= 11 is 0. The molecule has 2 aromatic rings. The lowest BCUT2D eigenvalue weighted by molar-refractivity contribution is 0.112. The van der Waals surface area contributed by atoms with Crippen molar-refractivity contribution in [3.05, 3.63) is 65.7 Å². The Morgan fingerprint density at radius 3 is 2.21 bits per heavy atom. The van der Waals surface area contributed by atoms with Crippen molar-refractivity contribution in [1.82, 2.24) is 0 Å². The molecule has 2 aromatic carbocycles. The normalized spacial score (nSPS) is 9.16. The van der Waals surface area contributed by atoms with Crippen LogP contribution in [0.4, 0.5) is 0 Å². The maximum atomic E-state index is 10.0. The van der Waals surface area contributed by atoms with Gasteiger partial charge in [-0.15, -0.1) is 0 Å². The first-order valence-corrected chi connectivity index (χ1v) is 6.22. The second-order valence-corrected chi connectivity index (χ2v) is 3.77. The van der Waals surface area contributed by atoms with Crippen LogP contribution in [0.25, 0.3) is 0 Å². The molecule has 0 bridgehead atoms. The fraction of sp³-hybridized carbons (Fsp3) is 0.188. The fourth-order valence-corrected chi connectivity index (χ4v) is 1.50. The molecule has 0 amide bonds. The van der Waals surface area contributed by atoms with E-state index in [0.717, 1.165) is 23.2 Å². The SMILES string of the molecule is CCOc1ccccc1CN.O=Cc1ccccc1. The maximum Gasteiger partial charge on any atom is 0.150 e. The van der Waals surface area contributed by atoms with E-state index in [9.17, 15) is 4.79 Å². The third-order valence-corrected chi connectivity index (χ3v) is 2.43. The van der Waals surface area contributed by atoms with Crippen LogP contribution in [-0.2, 0) is 6.54 Å². The highest BCUT2D eigenvalue weighted by atomic mass is 16.5. The van der Waals surface area contributed by atoms with E-state index in [-0.39, 0.29) is 0 Å². The number of benzene rings is 2. The molecular formula is C16H19NO2. The molecule has 0 aliphatic carbocycles. The average molecular weight is 257 g/mol. The van der Waals surface area contributed by atoms with Crippen LogP contribution in [0.1, 0.15) is 22.8 Å². The summed E-state index contributed by atoms with van der Waals surface area (Å²) in [4.78, 5) is 10.0. The summed E-state index contributed by atoms with van der Waals surface area (Å²) in [6.45, 7) is 3.19. The topological polar surface area (TPSA) is 52.3 Å². The highest BCUT2D eigenvalue weighted by Crippen LogP contribution is 2.16. The van der Waals surface area contributed by atoms with Gasteiger partial charge in [0.25, 0.3) is 0 Å². The van der Waals surface area contributed by atoms with Crippen molar-refractivity contribution in [1.29, 1.82) is 0 Å². The van der Waals surface area contributed by atoms with E-state index in [4.69, 9.17) is 10.5 Å². The van der Waals surface area contributed by atoms with Crippen LogP contribution in [0, 0.1) is 0 Å². The molecule has 0 fully saturated rings. The second kappa shape index (κ2) is 8.89. The van der Waals surface area contributed by atoms with Crippen LogP contribution in [0.3, 0.4) is 0 Å². The van der Waals surface area contributed by atoms with E-state index in [1.54, 1.807) is 12.1 Å². The molecule has 0 heterocycles. The monoisotopic (exact) mass is 257 g/mol. The van der Waals surface area contributed by atoms with Crippen molar-refractivity contribution >= 4 is 6.29 Å². The molecule has 0 saturated carbocycles. The van der Waals surface area contributed by atoms with Crippen molar-refractivity contribution in [3.8, 4) is 5.75 Å². The Hall–Kier alpha value is -2.13. The zero-order valence-corrected chi connectivity index (χ0v) is 11.1. The molecule has 0 aliphatic rings. The molecule has 3 heteroatoms. The minimum atomic E-state index is 0.538. The van der Waals surface area contributed by atoms with Crippen molar-refractivity contribution in [2.24, 2.45) is 5.73 Å². The maximum absolute atomic E-state index is 10.0. The molecule has 0 aromatic heterocycles. The van der Waals surface area contributed by atoms with Crippen molar-refractivity contribution in [2.75, 3.05) is 6.61 Å². The molecule has 0 atom stereocenters. The summed E-state index contributed by atoms with van der Waals surface area (Å²) in [6, 6.07) is 16.9. The summed E-state index contributed by atoms with van der Waals surface area (Å²) in [5, 5.41) is 0. The minimum Gasteiger partial charge on any atom is -0.494 e. The zero-order chi connectivity index (χ0) is 13.9. The van der Waals surface area contributed by atoms with Gasteiger partial charge in [-0.25, -0.2) is 0 Å². The second-order valence-electron chi connectivity index (χ2n) is 3.77. The Labute approximate surface area is 114 Å². The van der Waals surface area contributed by atoms with Crippen LogP contribution in [-0.4, -0.2) is 12.9 Å². The van der Waals surface area contributed by atoms with E-state index >= 15 is 0 Å². The molecule has 0 aliphatic heterocycles. The van der Waals surface area contributed by atoms with Crippen molar-refractivity contribution in [3.63, 3.8) is 0 Å². The predicted octanol–water partition coefficient (Wildman–Crippen LogP) is 3.04. The number of aldehydes is 1. The van der Waals surface area contributed by atoms with E-state index < -0.39 is 0 Å². The van der Waals surface area contributed by atoms with Gasteiger partial charge in [0.1, 0.15) is 12.0 Å². The van der Waals surface area contributed by atoms with Gasteiger partial charge in [-0.1, -0.05) is 48.5 Å². The number of ether oxygens (including phenoxy) is 1. The predicted molar refractivity (Wildman–Crippen MR) is 77.3 cm³/mol. The summed E-state index contributed by atoms with van der Waals surface area (Å²) in [5.74, 6) is 0.900. The number of para-hydroxylation sites is 1. The van der Waals surface area contributed by atoms with Crippen molar-refractivity contribution in [2.45, 2.75) is 13.5 Å². The fourth-order valence-electron chi connectivity index (χ4n) is 1.50. The van der Waals surface area contributed by atoms with Crippen LogP contribution in [0.5, 0.6) is 5.75 Å². The largest absolute Gasteiger partial charge is 0.494 e. The first-order chi connectivity index (χ1) is 9.31. The third kappa shape index (κ3) is 5.36. The van der Waals surface area contributed by atoms with Crippen molar-refractivity contribution < 1.29 is 9.53 Å². The molecule has 0 radical (unpaired) electrons. The first kappa shape index (κ1) is 14.9. The third-order valence-electron chi connectivity index (χ3n) is 2.43. The average Bonchev–Trinajstić information content (AvgIpc) is 2.49. The number of rotatable bonds is 4. The summed E-state index contributed by atoms with van der Waals surface area (Å²) in [7, 11) is 0. The van der Waals surface area contributed by atoms with Gasteiger partial charge in [-0.05, 0) is 13.0 Å². The highest BCUT2D eigenvalue weighted by Gasteiger charge is 1.97. The molecule has 2 rings (SSSR count). The van der Waals surface area contributed by atoms with Gasteiger partial charge in [0.2, 0.25) is 0 Å². The molecule has 3 nitrogen and oxygen atoms in total. The number of carbonyl (C=O) groups is 1. The Balaban J connectivity index is 0.000000200. The van der Waals surface area contributed by atoms with Gasteiger partial charge >= 0.3 is 0 Å². The molecular weight excluding hydrogens is 238 g/mol. The zero-order valence-electron chi connectivity index (χ0n) is 11.1. The lowest BCUT2D eigenvalue weighted by Crippen LogP contribution is -2.01. The summed E-state index contributed by atoms with van der Waals surface area (Å²) < 4.78 is 5.35. The van der Waals surface area contributed by atoms with E-state index in [1.807, 2.05) is 49.4 Å². The number of hydrogen-bond donors (Lipinski definition) is 1. The standard InChI is InChI=1S/C9H13NO.C7H6O/c1-2-11-9-6-4-3-5-8(9)7-10;8-6-7-4-2-1-3-5-7/h3-6H,2,7,10H2,1H3;1-6H. The molecule has 2 N–H and O–H groups in total. The first-order valence-electron chi connectivity index (χ1n) is 6.22. The van der Waals surface area contributed by atoms with Gasteiger partial charge in [0.15, 0.2) is 0 Å². The number of carbonyl (C=O) groups excluding carboxylic acids is 1. The van der Waals surface area contributed by atoms with Gasteiger partial charge in [0.05, 0.1) is 6.61 Å². The van der Waals surface area contributed by atoms with Gasteiger partial charge in [0, 0.05) is 17.7 Å². The molecule has 19 heavy (non-hydrogen) atoms. The Morgan fingerprint density at radius 1 is 1.05 bits per heavy atom. The van der Waals surface area contributed by atoms with E-state index in [1.165, 1.54) is 0 Å². The Bertz CT molecular complexity index is 483. The van der Waals surface area contributed by atoms with Crippen LogP contribution in [0.2, 0.25) is 0 Å². The van der Waals surface area contributed by atoms with Crippen LogP contribution in [0.15, 0.2) is 54.6 Å². The molecule has 0 spiro atoms. The summed E-state index contributed by atoms with van der Waals surface area (Å²) in [6.07, 6.45) is 0.833. The smallest absolute Gasteiger partial charge is 0.150 e. The number of nitrogens with two attached hydrogens (primary N) is 1. The summed E-state index contributed by atoms with van der Waals surface area (Å²) in [5.41, 5.74) is 7.29. The lowest BCUT2D eigenvalue weighted by Gasteiger charge is -2.06. The quantitative estimate of drug-likeness (QED) is 0.856. The van der Waals surface area contributed by atoms with E-state index in [0.29, 0.717) is 13.2 Å². The van der Waals surface area contributed by atoms with Crippen LogP contribution >= 0.6 is 0 Å². The van der Waals surface area contributed by atoms with Gasteiger partial charge < -0.3 is 10.5 Å². The molecule has 0 saturated heterocycles.